The predicted octanol–water partition coefficient (Wildman–Crippen LogP) is 6.85. The largest absolute Gasteiger partial charge is 0.461 e. The molecule has 9 nitrogen and oxygen atoms in total. The molecule has 0 unspecified atom stereocenters. The van der Waals surface area contributed by atoms with E-state index in [9.17, 15) is 19.2 Å². The van der Waals surface area contributed by atoms with Gasteiger partial charge in [-0.15, -0.1) is 0 Å². The van der Waals surface area contributed by atoms with E-state index in [0.717, 1.165) is 21.5 Å². The van der Waals surface area contributed by atoms with Crippen molar-refractivity contribution in [2.75, 3.05) is 0 Å². The first-order chi connectivity index (χ1) is 26.5. The Labute approximate surface area is 323 Å². The lowest BCUT2D eigenvalue weighted by atomic mass is 10.2. The fourth-order valence-electron chi connectivity index (χ4n) is 6.20. The second-order valence-corrected chi connectivity index (χ2v) is 18.2. The van der Waals surface area contributed by atoms with Crippen molar-refractivity contribution in [1.82, 2.24) is 0 Å². The van der Waals surface area contributed by atoms with Gasteiger partial charge in [0, 0.05) is 0 Å². The average Bonchev–Trinajstić information content (AvgIpc) is 3.21. The van der Waals surface area contributed by atoms with Crippen LogP contribution < -0.4 is 10.4 Å². The molecule has 0 saturated heterocycles. The normalized spacial score (nSPS) is 12.5. The van der Waals surface area contributed by atoms with E-state index in [1.807, 2.05) is 136 Å². The summed E-state index contributed by atoms with van der Waals surface area (Å²) in [6, 6.07) is 46.5. The number of benzene rings is 5. The minimum atomic E-state index is -3.41. The van der Waals surface area contributed by atoms with Crippen molar-refractivity contribution < 1.29 is 42.6 Å². The SMILES string of the molecule is CC(C)(C)[Si](O[C@@H](CC(=O)O[C@@H](CC(=O)OCc1ccccc1)C(=O)OCc1ccccc1)C(=O)OCc1ccccc1)(c1ccccc1)c1ccccc1. The highest BCUT2D eigenvalue weighted by Crippen LogP contribution is 2.38. The Morgan fingerprint density at radius 1 is 0.473 bits per heavy atom. The molecule has 0 fully saturated rings. The van der Waals surface area contributed by atoms with Crippen LogP contribution in [0.15, 0.2) is 152 Å². The molecule has 0 amide bonds. The number of rotatable bonds is 17. The van der Waals surface area contributed by atoms with Gasteiger partial charge >= 0.3 is 23.9 Å². The summed E-state index contributed by atoms with van der Waals surface area (Å²) in [6.07, 6.45) is -4.33. The van der Waals surface area contributed by atoms with Crippen LogP contribution in [0.5, 0.6) is 0 Å². The molecule has 0 aliphatic heterocycles. The molecule has 0 aliphatic carbocycles. The van der Waals surface area contributed by atoms with Gasteiger partial charge in [0.2, 0.25) is 6.10 Å². The zero-order valence-electron chi connectivity index (χ0n) is 31.3. The van der Waals surface area contributed by atoms with Gasteiger partial charge in [-0.05, 0) is 32.1 Å². The Hall–Kier alpha value is -5.84. The van der Waals surface area contributed by atoms with Gasteiger partial charge in [-0.25, -0.2) is 9.59 Å². The van der Waals surface area contributed by atoms with E-state index in [4.69, 9.17) is 23.4 Å². The lowest BCUT2D eigenvalue weighted by Crippen LogP contribution is -2.68. The summed E-state index contributed by atoms with van der Waals surface area (Å²) in [4.78, 5) is 54.5. The molecular weight excluding hydrogens is 713 g/mol. The molecule has 0 bridgehead atoms. The lowest BCUT2D eigenvalue weighted by Gasteiger charge is -2.44. The number of hydrogen-bond acceptors (Lipinski definition) is 9. The zero-order chi connectivity index (χ0) is 39.1. The van der Waals surface area contributed by atoms with E-state index in [1.54, 1.807) is 36.4 Å². The van der Waals surface area contributed by atoms with E-state index >= 15 is 0 Å². The maximum absolute atomic E-state index is 14.1. The van der Waals surface area contributed by atoms with E-state index in [2.05, 4.69) is 0 Å². The van der Waals surface area contributed by atoms with Crippen LogP contribution in [0.2, 0.25) is 5.04 Å². The van der Waals surface area contributed by atoms with Crippen LogP contribution in [0.4, 0.5) is 0 Å². The molecule has 5 rings (SSSR count). The van der Waals surface area contributed by atoms with Crippen LogP contribution in [0.1, 0.15) is 50.3 Å². The fourth-order valence-corrected chi connectivity index (χ4v) is 10.8. The topological polar surface area (TPSA) is 114 Å². The molecule has 0 aromatic heterocycles. The summed E-state index contributed by atoms with van der Waals surface area (Å²) in [5, 5.41) is 1.21. The standard InChI is InChI=1S/C45H46O9Si/c1-45(2,3)55(37-25-15-7-16-26-37,38-27-17-8-18-28-38)54-40(44(49)52-33-36-23-13-6-14-24-36)30-42(47)53-39(43(48)51-32-35-21-11-5-12-22-35)29-41(46)50-31-34-19-9-4-10-20-34/h4-28,39-40H,29-33H2,1-3H3/t39-,40-/m0/s1. The number of esters is 4. The van der Waals surface area contributed by atoms with Crippen molar-refractivity contribution in [2.24, 2.45) is 0 Å². The Kier molecular flexibility index (Phi) is 14.3. The third kappa shape index (κ3) is 11.3. The van der Waals surface area contributed by atoms with Gasteiger partial charge in [0.15, 0.2) is 6.10 Å². The number of hydrogen-bond donors (Lipinski definition) is 0. The second-order valence-electron chi connectivity index (χ2n) is 14.0. The molecule has 55 heavy (non-hydrogen) atoms. The molecule has 0 saturated carbocycles. The monoisotopic (exact) mass is 758 g/mol. The number of ether oxygens (including phenoxy) is 4. The first-order valence-corrected chi connectivity index (χ1v) is 20.0. The average molecular weight is 759 g/mol. The second kappa shape index (κ2) is 19.5. The minimum absolute atomic E-state index is 0.0406. The third-order valence-corrected chi connectivity index (χ3v) is 14.0. The first kappa shape index (κ1) is 40.3. The summed E-state index contributed by atoms with van der Waals surface area (Å²) >= 11 is 0. The summed E-state index contributed by atoms with van der Waals surface area (Å²) in [6.45, 7) is 5.92. The van der Waals surface area contributed by atoms with E-state index < -0.39 is 62.3 Å². The van der Waals surface area contributed by atoms with Crippen molar-refractivity contribution in [3.63, 3.8) is 0 Å². The molecule has 0 aliphatic rings. The molecule has 10 heteroatoms. The minimum Gasteiger partial charge on any atom is -0.461 e. The van der Waals surface area contributed by atoms with Crippen molar-refractivity contribution in [3.05, 3.63) is 168 Å². The van der Waals surface area contributed by atoms with E-state index in [1.165, 1.54) is 0 Å². The highest BCUT2D eigenvalue weighted by molar-refractivity contribution is 6.99. The molecule has 5 aromatic rings. The van der Waals surface area contributed by atoms with Crippen LogP contribution in [-0.2, 0) is 62.4 Å². The molecule has 0 heterocycles. The molecule has 2 atom stereocenters. The van der Waals surface area contributed by atoms with E-state index in [-0.39, 0.29) is 19.8 Å². The van der Waals surface area contributed by atoms with E-state index in [0.29, 0.717) is 5.56 Å². The summed E-state index contributed by atoms with van der Waals surface area (Å²) in [7, 11) is -3.41. The van der Waals surface area contributed by atoms with Crippen LogP contribution in [-0.4, -0.2) is 44.4 Å². The maximum Gasteiger partial charge on any atom is 0.348 e. The van der Waals surface area contributed by atoms with Gasteiger partial charge in [-0.1, -0.05) is 172 Å². The van der Waals surface area contributed by atoms with Crippen molar-refractivity contribution >= 4 is 42.6 Å². The molecular formula is C45H46O9Si. The van der Waals surface area contributed by atoms with Gasteiger partial charge in [-0.3, -0.25) is 9.59 Å². The number of carbonyl (C=O) groups is 4. The molecule has 284 valence electrons. The molecule has 5 aromatic carbocycles. The fraction of sp³-hybridized carbons (Fsp3) is 0.244. The zero-order valence-corrected chi connectivity index (χ0v) is 32.3. The summed E-state index contributed by atoms with van der Waals surface area (Å²) in [5.41, 5.74) is 2.19. The van der Waals surface area contributed by atoms with Crippen molar-refractivity contribution in [2.45, 2.75) is 70.7 Å². The first-order valence-electron chi connectivity index (χ1n) is 18.1. The Morgan fingerprint density at radius 3 is 1.22 bits per heavy atom. The van der Waals surface area contributed by atoms with Gasteiger partial charge in [0.05, 0.1) is 12.8 Å². The van der Waals surface area contributed by atoms with Crippen molar-refractivity contribution in [1.29, 1.82) is 0 Å². The van der Waals surface area contributed by atoms with Crippen LogP contribution >= 0.6 is 0 Å². The highest BCUT2D eigenvalue weighted by atomic mass is 28.4. The van der Waals surface area contributed by atoms with Gasteiger partial charge < -0.3 is 23.4 Å². The van der Waals surface area contributed by atoms with Crippen molar-refractivity contribution in [3.8, 4) is 0 Å². The smallest absolute Gasteiger partial charge is 0.348 e. The maximum atomic E-state index is 14.1. The highest BCUT2D eigenvalue weighted by Gasteiger charge is 2.53. The Morgan fingerprint density at radius 2 is 0.818 bits per heavy atom. The lowest BCUT2D eigenvalue weighted by molar-refractivity contribution is -0.175. The van der Waals surface area contributed by atoms with Gasteiger partial charge in [-0.2, -0.15) is 0 Å². The third-order valence-electron chi connectivity index (χ3n) is 8.93. The van der Waals surface area contributed by atoms with Gasteiger partial charge in [0.25, 0.3) is 8.32 Å². The van der Waals surface area contributed by atoms with Crippen LogP contribution in [0, 0.1) is 0 Å². The number of carbonyl (C=O) groups excluding carboxylic acids is 4. The predicted molar refractivity (Wildman–Crippen MR) is 210 cm³/mol. The molecule has 0 spiro atoms. The summed E-state index contributed by atoms with van der Waals surface area (Å²) in [5.74, 6) is -3.46. The summed E-state index contributed by atoms with van der Waals surface area (Å²) < 4.78 is 29.5. The Balaban J connectivity index is 1.43. The molecule has 0 radical (unpaired) electrons. The van der Waals surface area contributed by atoms with Crippen LogP contribution in [0.3, 0.4) is 0 Å². The molecule has 0 N–H and O–H groups in total. The Bertz CT molecular complexity index is 1930. The quantitative estimate of drug-likeness (QED) is 0.0571. The van der Waals surface area contributed by atoms with Gasteiger partial charge in [0.1, 0.15) is 19.8 Å². The van der Waals surface area contributed by atoms with Crippen LogP contribution in [0.25, 0.3) is 0 Å².